The van der Waals surface area contributed by atoms with Gasteiger partial charge in [-0.2, -0.15) is 0 Å². The van der Waals surface area contributed by atoms with Crippen LogP contribution in [0, 0.1) is 5.21 Å². The van der Waals surface area contributed by atoms with Gasteiger partial charge in [0.15, 0.2) is 0 Å². The molecule has 2 aromatic carbocycles. The second-order valence-corrected chi connectivity index (χ2v) is 3.78. The van der Waals surface area contributed by atoms with Crippen molar-refractivity contribution < 1.29 is 9.53 Å². The average molecular weight is 242 g/mol. The lowest BCUT2D eigenvalue weighted by Crippen LogP contribution is -2.04. The normalized spacial score (nSPS) is 9.89. The van der Waals surface area contributed by atoms with Crippen molar-refractivity contribution in [3.63, 3.8) is 0 Å². The van der Waals surface area contributed by atoms with Crippen LogP contribution in [0.4, 0.5) is 5.69 Å². The van der Waals surface area contributed by atoms with Gasteiger partial charge in [0.05, 0.1) is 0 Å². The maximum Gasteiger partial charge on any atom is 0.150 e. The third-order valence-electron chi connectivity index (χ3n) is 2.45. The van der Waals surface area contributed by atoms with Crippen molar-refractivity contribution in [3.05, 3.63) is 59.3 Å². The van der Waals surface area contributed by atoms with Gasteiger partial charge < -0.3 is 15.0 Å². The Bertz CT molecular complexity index is 518. The lowest BCUT2D eigenvalue weighted by atomic mass is 10.2. The second kappa shape index (κ2) is 5.33. The number of hydrogen-bond donors (Lipinski definition) is 0. The van der Waals surface area contributed by atoms with E-state index < -0.39 is 0 Å². The summed E-state index contributed by atoms with van der Waals surface area (Å²) in [7, 11) is 1.44. The van der Waals surface area contributed by atoms with E-state index in [-0.39, 0.29) is 0 Å². The van der Waals surface area contributed by atoms with E-state index in [9.17, 15) is 10.0 Å². The number of benzene rings is 2. The van der Waals surface area contributed by atoms with Gasteiger partial charge in [-0.25, -0.2) is 0 Å². The minimum atomic E-state index is 0.568. The van der Waals surface area contributed by atoms with Crippen LogP contribution >= 0.6 is 0 Å². The topological polar surface area (TPSA) is 52.6 Å². The summed E-state index contributed by atoms with van der Waals surface area (Å²) in [5, 5.41) is 11.8. The standard InChI is InChI=1S/C14H12NO3/c1-15(17)12-4-8-14(9-5-12)18-13-6-2-11(10-16)3-7-13/h2-10H,1H3/q-1. The maximum atomic E-state index is 11.0. The summed E-state index contributed by atoms with van der Waals surface area (Å²) in [5.74, 6) is 1.28. The Hall–Kier alpha value is -2.33. The van der Waals surface area contributed by atoms with E-state index in [2.05, 4.69) is 0 Å². The van der Waals surface area contributed by atoms with Gasteiger partial charge in [0, 0.05) is 11.3 Å². The van der Waals surface area contributed by atoms with E-state index in [0.29, 0.717) is 22.7 Å². The molecule has 2 aromatic rings. The van der Waals surface area contributed by atoms with Crippen molar-refractivity contribution >= 4 is 12.0 Å². The summed E-state index contributed by atoms with van der Waals surface area (Å²) >= 11 is 0. The van der Waals surface area contributed by atoms with Crippen LogP contribution < -0.4 is 9.80 Å². The van der Waals surface area contributed by atoms with Gasteiger partial charge in [-0.05, 0) is 55.6 Å². The zero-order valence-corrected chi connectivity index (χ0v) is 9.87. The van der Waals surface area contributed by atoms with Crippen LogP contribution in [0.3, 0.4) is 0 Å². The Morgan fingerprint density at radius 3 is 1.94 bits per heavy atom. The summed E-state index contributed by atoms with van der Waals surface area (Å²) in [6.07, 6.45) is 0.780. The Labute approximate surface area is 105 Å². The molecule has 18 heavy (non-hydrogen) atoms. The molecule has 0 radical (unpaired) electrons. The van der Waals surface area contributed by atoms with Crippen LogP contribution in [0.1, 0.15) is 10.4 Å². The van der Waals surface area contributed by atoms with Gasteiger partial charge in [0.25, 0.3) is 0 Å². The molecular weight excluding hydrogens is 230 g/mol. The van der Waals surface area contributed by atoms with E-state index in [1.54, 1.807) is 48.5 Å². The number of anilines is 1. The molecule has 0 aliphatic rings. The molecule has 0 N–H and O–H groups in total. The smallest absolute Gasteiger partial charge is 0.150 e. The average Bonchev–Trinajstić information content (AvgIpc) is 2.40. The molecule has 4 heteroatoms. The van der Waals surface area contributed by atoms with Crippen molar-refractivity contribution in [1.29, 1.82) is 0 Å². The zero-order valence-electron chi connectivity index (χ0n) is 9.87. The Morgan fingerprint density at radius 1 is 1.00 bits per heavy atom. The Morgan fingerprint density at radius 2 is 1.50 bits per heavy atom. The molecule has 0 aromatic heterocycles. The first-order valence-corrected chi connectivity index (χ1v) is 5.43. The van der Waals surface area contributed by atoms with Gasteiger partial charge >= 0.3 is 0 Å². The van der Waals surface area contributed by atoms with Gasteiger partial charge in [0.2, 0.25) is 0 Å². The highest BCUT2D eigenvalue weighted by molar-refractivity contribution is 5.74. The number of ether oxygens (including phenoxy) is 1. The molecule has 0 aliphatic heterocycles. The lowest BCUT2D eigenvalue weighted by Gasteiger charge is -2.24. The van der Waals surface area contributed by atoms with E-state index in [0.717, 1.165) is 11.3 Å². The van der Waals surface area contributed by atoms with Crippen LogP contribution in [0.5, 0.6) is 11.5 Å². The summed E-state index contributed by atoms with van der Waals surface area (Å²) in [6.45, 7) is 0. The summed E-state index contributed by atoms with van der Waals surface area (Å²) in [5.41, 5.74) is 1.17. The molecule has 0 atom stereocenters. The molecule has 0 aliphatic carbocycles. The Balaban J connectivity index is 2.10. The lowest BCUT2D eigenvalue weighted by molar-refractivity contribution is 0.112. The van der Waals surface area contributed by atoms with Gasteiger partial charge in [0.1, 0.15) is 17.8 Å². The number of carbonyl (C=O) groups is 1. The highest BCUT2D eigenvalue weighted by Gasteiger charge is 1.98. The molecule has 0 bridgehead atoms. The molecule has 4 nitrogen and oxygen atoms in total. The van der Waals surface area contributed by atoms with Crippen LogP contribution in [-0.2, 0) is 0 Å². The van der Waals surface area contributed by atoms with E-state index in [1.165, 1.54) is 7.05 Å². The first-order chi connectivity index (χ1) is 8.69. The minimum absolute atomic E-state index is 0.568. The van der Waals surface area contributed by atoms with Crippen LogP contribution in [0.2, 0.25) is 0 Å². The van der Waals surface area contributed by atoms with E-state index in [1.807, 2.05) is 0 Å². The fraction of sp³-hybridized carbons (Fsp3) is 0.0714. The molecular formula is C14H12NO3-. The second-order valence-electron chi connectivity index (χ2n) is 3.78. The fourth-order valence-electron chi connectivity index (χ4n) is 1.47. The number of carbonyl (C=O) groups excluding carboxylic acids is 1. The third-order valence-corrected chi connectivity index (χ3v) is 2.45. The van der Waals surface area contributed by atoms with Crippen LogP contribution in [-0.4, -0.2) is 13.3 Å². The highest BCUT2D eigenvalue weighted by Crippen LogP contribution is 2.23. The molecule has 0 unspecified atom stereocenters. The van der Waals surface area contributed by atoms with Crippen molar-refractivity contribution in [2.24, 2.45) is 0 Å². The predicted molar refractivity (Wildman–Crippen MR) is 70.1 cm³/mol. The number of aldehydes is 1. The maximum absolute atomic E-state index is 11.0. The zero-order chi connectivity index (χ0) is 13.0. The number of hydrogen-bond acceptors (Lipinski definition) is 4. The fourth-order valence-corrected chi connectivity index (χ4v) is 1.47. The molecule has 0 spiro atoms. The van der Waals surface area contributed by atoms with Crippen molar-refractivity contribution in [3.8, 4) is 11.5 Å². The molecule has 0 heterocycles. The summed E-state index contributed by atoms with van der Waals surface area (Å²) < 4.78 is 5.58. The molecule has 0 saturated carbocycles. The first kappa shape index (κ1) is 12.1. The number of hydroxylamine groups is 1. The molecule has 2 rings (SSSR count). The predicted octanol–water partition coefficient (Wildman–Crippen LogP) is 3.23. The summed E-state index contributed by atoms with van der Waals surface area (Å²) in [4.78, 5) is 10.5. The minimum Gasteiger partial charge on any atom is -0.758 e. The quantitative estimate of drug-likeness (QED) is 0.610. The third kappa shape index (κ3) is 2.87. The van der Waals surface area contributed by atoms with Gasteiger partial charge in [-0.3, -0.25) is 4.79 Å². The van der Waals surface area contributed by atoms with Gasteiger partial charge in [-0.15, -0.1) is 0 Å². The van der Waals surface area contributed by atoms with E-state index >= 15 is 0 Å². The monoisotopic (exact) mass is 242 g/mol. The molecule has 0 saturated heterocycles. The highest BCUT2D eigenvalue weighted by atomic mass is 16.5. The Kier molecular flexibility index (Phi) is 3.60. The number of nitrogens with zero attached hydrogens (tertiary/aromatic N) is 1. The van der Waals surface area contributed by atoms with Crippen molar-refractivity contribution in [2.75, 3.05) is 12.1 Å². The van der Waals surface area contributed by atoms with Gasteiger partial charge in [-0.1, -0.05) is 0 Å². The van der Waals surface area contributed by atoms with Crippen molar-refractivity contribution in [1.82, 2.24) is 0 Å². The molecule has 0 fully saturated rings. The van der Waals surface area contributed by atoms with Crippen LogP contribution in [0.25, 0.3) is 0 Å². The SMILES string of the molecule is CN([O-])c1ccc(Oc2ccc(C=O)cc2)cc1. The summed E-state index contributed by atoms with van der Waals surface area (Å²) in [6, 6.07) is 13.6. The number of rotatable bonds is 4. The largest absolute Gasteiger partial charge is 0.758 e. The van der Waals surface area contributed by atoms with Crippen molar-refractivity contribution in [2.45, 2.75) is 0 Å². The van der Waals surface area contributed by atoms with Crippen LogP contribution in [0.15, 0.2) is 48.5 Å². The molecule has 92 valence electrons. The first-order valence-electron chi connectivity index (χ1n) is 5.43. The van der Waals surface area contributed by atoms with E-state index in [4.69, 9.17) is 4.74 Å². The molecule has 0 amide bonds.